The molecule has 0 unspecified atom stereocenters. The summed E-state index contributed by atoms with van der Waals surface area (Å²) in [5, 5.41) is 0. The molecule has 1 aromatic rings. The maximum absolute atomic E-state index is 5.56. The molecule has 0 N–H and O–H groups in total. The lowest BCUT2D eigenvalue weighted by Crippen LogP contribution is -1.95. The van der Waals surface area contributed by atoms with Crippen LogP contribution in [0, 0.1) is 0 Å². The highest BCUT2D eigenvalue weighted by Gasteiger charge is 1.91. The molecule has 78 valence electrons. The Hall–Kier alpha value is -0.0900. The Morgan fingerprint density at radius 3 is 2.50 bits per heavy atom. The lowest BCUT2D eigenvalue weighted by molar-refractivity contribution is 0.117. The van der Waals surface area contributed by atoms with Crippen molar-refractivity contribution in [1.82, 2.24) is 0 Å². The van der Waals surface area contributed by atoms with Crippen molar-refractivity contribution in [2.45, 2.75) is 25.9 Å². The van der Waals surface area contributed by atoms with E-state index in [1.54, 1.807) is 0 Å². The fourth-order valence-corrected chi connectivity index (χ4v) is 1.78. The van der Waals surface area contributed by atoms with Gasteiger partial charge in [0.05, 0.1) is 6.61 Å². The van der Waals surface area contributed by atoms with Crippen molar-refractivity contribution in [3.63, 3.8) is 0 Å². The highest BCUT2D eigenvalue weighted by Crippen LogP contribution is 2.03. The lowest BCUT2D eigenvalue weighted by atomic mass is 10.2. The topological polar surface area (TPSA) is 9.23 Å². The molecule has 2 heteroatoms. The Morgan fingerprint density at radius 1 is 1.00 bits per heavy atom. The van der Waals surface area contributed by atoms with Crippen LogP contribution in [0.2, 0.25) is 0 Å². The number of unbranched alkanes of at least 4 members (excludes halogenated alkanes) is 2. The fraction of sp³-hybridized carbons (Fsp3) is 0.500. The predicted octanol–water partition coefficient (Wildman–Crippen LogP) is 3.81. The van der Waals surface area contributed by atoms with Crippen molar-refractivity contribution in [2.75, 3.05) is 11.0 Å². The number of rotatable bonds is 7. The molecule has 0 saturated heterocycles. The number of hydrogen-bond donors (Lipinski definition) is 0. The highest BCUT2D eigenvalue weighted by molar-refractivity contribution is 14.1. The van der Waals surface area contributed by atoms with Crippen molar-refractivity contribution in [3.8, 4) is 0 Å². The van der Waals surface area contributed by atoms with E-state index in [9.17, 15) is 0 Å². The van der Waals surface area contributed by atoms with E-state index in [1.165, 1.54) is 29.3 Å². The Balaban J connectivity index is 1.99. The van der Waals surface area contributed by atoms with E-state index in [0.29, 0.717) is 0 Å². The molecule has 0 bridgehead atoms. The lowest BCUT2D eigenvalue weighted by Gasteiger charge is -2.03. The SMILES string of the molecule is ICCCCCOCc1ccccc1. The zero-order valence-corrected chi connectivity index (χ0v) is 10.6. The highest BCUT2D eigenvalue weighted by atomic mass is 127. The van der Waals surface area contributed by atoms with Gasteiger partial charge in [0.2, 0.25) is 0 Å². The molecular formula is C12H17IO. The van der Waals surface area contributed by atoms with Crippen LogP contribution in [-0.4, -0.2) is 11.0 Å². The first-order chi connectivity index (χ1) is 6.93. The van der Waals surface area contributed by atoms with Crippen LogP contribution in [0.25, 0.3) is 0 Å². The summed E-state index contributed by atoms with van der Waals surface area (Å²) >= 11 is 2.42. The monoisotopic (exact) mass is 304 g/mol. The zero-order valence-electron chi connectivity index (χ0n) is 8.42. The summed E-state index contributed by atoms with van der Waals surface area (Å²) in [6, 6.07) is 10.3. The number of halogens is 1. The first kappa shape index (κ1) is 12.0. The fourth-order valence-electron chi connectivity index (χ4n) is 1.24. The molecule has 0 spiro atoms. The molecule has 0 atom stereocenters. The third kappa shape index (κ3) is 5.60. The molecule has 14 heavy (non-hydrogen) atoms. The van der Waals surface area contributed by atoms with Gasteiger partial charge in [0.15, 0.2) is 0 Å². The van der Waals surface area contributed by atoms with Crippen LogP contribution in [0.5, 0.6) is 0 Å². The van der Waals surface area contributed by atoms with Crippen molar-refractivity contribution >= 4 is 22.6 Å². The molecule has 0 aliphatic rings. The van der Waals surface area contributed by atoms with Gasteiger partial charge in [0.1, 0.15) is 0 Å². The van der Waals surface area contributed by atoms with Crippen molar-refractivity contribution in [1.29, 1.82) is 0 Å². The smallest absolute Gasteiger partial charge is 0.0716 e. The van der Waals surface area contributed by atoms with E-state index >= 15 is 0 Å². The predicted molar refractivity (Wildman–Crippen MR) is 68.8 cm³/mol. The average molecular weight is 304 g/mol. The van der Waals surface area contributed by atoms with Gasteiger partial charge in [-0.25, -0.2) is 0 Å². The van der Waals surface area contributed by atoms with Crippen LogP contribution in [0.3, 0.4) is 0 Å². The molecular weight excluding hydrogens is 287 g/mol. The molecule has 0 aliphatic heterocycles. The van der Waals surface area contributed by atoms with Crippen LogP contribution in [-0.2, 0) is 11.3 Å². The number of benzene rings is 1. The van der Waals surface area contributed by atoms with E-state index in [4.69, 9.17) is 4.74 Å². The molecule has 0 radical (unpaired) electrons. The third-order valence-electron chi connectivity index (χ3n) is 2.03. The molecule has 1 rings (SSSR count). The molecule has 0 aromatic heterocycles. The van der Waals surface area contributed by atoms with Crippen LogP contribution >= 0.6 is 22.6 Å². The minimum Gasteiger partial charge on any atom is -0.377 e. The Kier molecular flexibility index (Phi) is 7.05. The maximum atomic E-state index is 5.56. The summed E-state index contributed by atoms with van der Waals surface area (Å²) < 4.78 is 6.82. The van der Waals surface area contributed by atoms with Crippen molar-refractivity contribution < 1.29 is 4.74 Å². The van der Waals surface area contributed by atoms with E-state index in [2.05, 4.69) is 46.9 Å². The van der Waals surface area contributed by atoms with Crippen molar-refractivity contribution in [3.05, 3.63) is 35.9 Å². The summed E-state index contributed by atoms with van der Waals surface area (Å²) in [5.74, 6) is 0. The van der Waals surface area contributed by atoms with E-state index < -0.39 is 0 Å². The minimum absolute atomic E-state index is 0.755. The Labute approximate surface area is 100.0 Å². The molecule has 0 amide bonds. The largest absolute Gasteiger partial charge is 0.377 e. The van der Waals surface area contributed by atoms with Gasteiger partial charge in [0.25, 0.3) is 0 Å². The number of ether oxygens (including phenoxy) is 1. The van der Waals surface area contributed by atoms with Crippen LogP contribution in [0.4, 0.5) is 0 Å². The third-order valence-corrected chi connectivity index (χ3v) is 2.80. The van der Waals surface area contributed by atoms with Gasteiger partial charge >= 0.3 is 0 Å². The molecule has 0 aliphatic carbocycles. The standard InChI is InChI=1S/C12H17IO/c13-9-5-2-6-10-14-11-12-7-3-1-4-8-12/h1,3-4,7-8H,2,5-6,9-11H2. The summed E-state index contributed by atoms with van der Waals surface area (Å²) in [7, 11) is 0. The molecule has 0 saturated carbocycles. The summed E-state index contributed by atoms with van der Waals surface area (Å²) in [5.41, 5.74) is 1.27. The van der Waals surface area contributed by atoms with Crippen molar-refractivity contribution in [2.24, 2.45) is 0 Å². The van der Waals surface area contributed by atoms with Crippen LogP contribution < -0.4 is 0 Å². The van der Waals surface area contributed by atoms with Gasteiger partial charge in [-0.05, 0) is 22.8 Å². The molecule has 0 fully saturated rings. The summed E-state index contributed by atoms with van der Waals surface area (Å²) in [6.07, 6.45) is 3.79. The quantitative estimate of drug-likeness (QED) is 0.423. The number of alkyl halides is 1. The Bertz CT molecular complexity index is 223. The second-order valence-corrected chi connectivity index (χ2v) is 4.37. The molecule has 1 nitrogen and oxygen atoms in total. The van der Waals surface area contributed by atoms with E-state index in [0.717, 1.165) is 13.2 Å². The molecule has 1 aromatic carbocycles. The first-order valence-electron chi connectivity index (χ1n) is 5.11. The van der Waals surface area contributed by atoms with Gasteiger partial charge in [-0.15, -0.1) is 0 Å². The van der Waals surface area contributed by atoms with Gasteiger partial charge in [-0.3, -0.25) is 0 Å². The average Bonchev–Trinajstić information content (AvgIpc) is 2.25. The van der Waals surface area contributed by atoms with Gasteiger partial charge in [-0.2, -0.15) is 0 Å². The number of hydrogen-bond acceptors (Lipinski definition) is 1. The van der Waals surface area contributed by atoms with Gasteiger partial charge < -0.3 is 4.74 Å². The second-order valence-electron chi connectivity index (χ2n) is 3.29. The summed E-state index contributed by atoms with van der Waals surface area (Å²) in [6.45, 7) is 1.65. The minimum atomic E-state index is 0.755. The Morgan fingerprint density at radius 2 is 1.79 bits per heavy atom. The van der Waals surface area contributed by atoms with Crippen LogP contribution in [0.15, 0.2) is 30.3 Å². The normalized spacial score (nSPS) is 10.4. The van der Waals surface area contributed by atoms with Gasteiger partial charge in [0, 0.05) is 6.61 Å². The van der Waals surface area contributed by atoms with Crippen LogP contribution in [0.1, 0.15) is 24.8 Å². The van der Waals surface area contributed by atoms with E-state index in [-0.39, 0.29) is 0 Å². The maximum Gasteiger partial charge on any atom is 0.0716 e. The van der Waals surface area contributed by atoms with E-state index in [1.807, 2.05) is 6.07 Å². The first-order valence-corrected chi connectivity index (χ1v) is 6.63. The second kappa shape index (κ2) is 8.24. The van der Waals surface area contributed by atoms with Gasteiger partial charge in [-0.1, -0.05) is 59.3 Å². The molecule has 0 heterocycles. The zero-order chi connectivity index (χ0) is 10.1. The summed E-state index contributed by atoms with van der Waals surface area (Å²) in [4.78, 5) is 0.